The maximum absolute atomic E-state index is 6.35. The summed E-state index contributed by atoms with van der Waals surface area (Å²) in [6.45, 7) is 4.77. The Balaban J connectivity index is 1.46. The predicted molar refractivity (Wildman–Crippen MR) is 123 cm³/mol. The van der Waals surface area contributed by atoms with Gasteiger partial charge in [0.25, 0.3) is 0 Å². The number of anilines is 1. The molecule has 0 aliphatic carbocycles. The van der Waals surface area contributed by atoms with E-state index in [1.54, 1.807) is 18.4 Å². The Hall–Kier alpha value is -2.64. The van der Waals surface area contributed by atoms with Gasteiger partial charge >= 0.3 is 0 Å². The van der Waals surface area contributed by atoms with Crippen LogP contribution in [0.4, 0.5) is 5.95 Å². The van der Waals surface area contributed by atoms with Crippen molar-refractivity contribution < 1.29 is 9.47 Å². The molecule has 1 aromatic carbocycles. The van der Waals surface area contributed by atoms with Gasteiger partial charge in [-0.2, -0.15) is 16.3 Å². The number of ether oxygens (including phenoxy) is 2. The van der Waals surface area contributed by atoms with Crippen LogP contribution in [0.2, 0.25) is 0 Å². The molecule has 0 N–H and O–H groups in total. The van der Waals surface area contributed by atoms with Crippen molar-refractivity contribution >= 4 is 17.3 Å². The van der Waals surface area contributed by atoms with Gasteiger partial charge in [0, 0.05) is 45.2 Å². The average molecular weight is 437 g/mol. The van der Waals surface area contributed by atoms with Crippen molar-refractivity contribution in [2.24, 2.45) is 0 Å². The Morgan fingerprint density at radius 3 is 2.71 bits per heavy atom. The molecule has 0 unspecified atom stereocenters. The van der Waals surface area contributed by atoms with Gasteiger partial charge in [0.1, 0.15) is 11.5 Å². The average Bonchev–Trinajstić information content (AvgIpc) is 3.33. The standard InChI is InChI=1S/C24H28N4O2S/c1-29-19-6-5-7-20(14-19)30-23-21-16-27(15-18-9-13-31-17-18)12-8-22(21)25-24(26-23)28-10-3-2-4-11-28/h5-7,9,13-14,17H,2-4,8,10-12,15-16H2,1H3. The van der Waals surface area contributed by atoms with Gasteiger partial charge in [0.2, 0.25) is 11.8 Å². The normalized spacial score (nSPS) is 16.7. The fourth-order valence-electron chi connectivity index (χ4n) is 4.30. The lowest BCUT2D eigenvalue weighted by molar-refractivity contribution is 0.238. The summed E-state index contributed by atoms with van der Waals surface area (Å²) in [5, 5.41) is 4.36. The number of nitrogens with zero attached hydrogens (tertiary/aromatic N) is 4. The zero-order valence-electron chi connectivity index (χ0n) is 17.9. The van der Waals surface area contributed by atoms with Crippen LogP contribution in [0.25, 0.3) is 0 Å². The molecule has 2 aliphatic rings. The van der Waals surface area contributed by atoms with Crippen molar-refractivity contribution in [3.8, 4) is 17.4 Å². The van der Waals surface area contributed by atoms with E-state index in [1.807, 2.05) is 24.3 Å². The maximum atomic E-state index is 6.35. The summed E-state index contributed by atoms with van der Waals surface area (Å²) in [7, 11) is 1.67. The molecule has 1 fully saturated rings. The third-order valence-electron chi connectivity index (χ3n) is 5.97. The van der Waals surface area contributed by atoms with E-state index < -0.39 is 0 Å². The Morgan fingerprint density at radius 2 is 1.90 bits per heavy atom. The van der Waals surface area contributed by atoms with Gasteiger partial charge in [0.15, 0.2) is 0 Å². The van der Waals surface area contributed by atoms with Crippen LogP contribution in [0, 0.1) is 0 Å². The predicted octanol–water partition coefficient (Wildman–Crippen LogP) is 4.89. The lowest BCUT2D eigenvalue weighted by atomic mass is 10.1. The van der Waals surface area contributed by atoms with Crippen molar-refractivity contribution in [1.29, 1.82) is 0 Å². The summed E-state index contributed by atoms with van der Waals surface area (Å²) >= 11 is 1.75. The van der Waals surface area contributed by atoms with Crippen LogP contribution in [0.5, 0.6) is 17.4 Å². The fourth-order valence-corrected chi connectivity index (χ4v) is 4.96. The summed E-state index contributed by atoms with van der Waals surface area (Å²) < 4.78 is 11.7. The molecular formula is C24H28N4O2S. The summed E-state index contributed by atoms with van der Waals surface area (Å²) in [4.78, 5) is 14.7. The van der Waals surface area contributed by atoms with Gasteiger partial charge in [0.05, 0.1) is 18.4 Å². The number of rotatable bonds is 6. The third-order valence-corrected chi connectivity index (χ3v) is 6.70. The maximum Gasteiger partial charge on any atom is 0.228 e. The molecule has 0 amide bonds. The van der Waals surface area contributed by atoms with Crippen LogP contribution < -0.4 is 14.4 Å². The summed E-state index contributed by atoms with van der Waals surface area (Å²) in [6.07, 6.45) is 4.59. The van der Waals surface area contributed by atoms with Crippen molar-refractivity contribution in [2.75, 3.05) is 31.6 Å². The van der Waals surface area contributed by atoms with Gasteiger partial charge in [-0.1, -0.05) is 6.07 Å². The highest BCUT2D eigenvalue weighted by Gasteiger charge is 2.26. The van der Waals surface area contributed by atoms with Crippen LogP contribution >= 0.6 is 11.3 Å². The van der Waals surface area contributed by atoms with E-state index in [0.717, 1.165) is 67.8 Å². The zero-order chi connectivity index (χ0) is 21.0. The highest BCUT2D eigenvalue weighted by atomic mass is 32.1. The van der Waals surface area contributed by atoms with Crippen LogP contribution in [0.3, 0.4) is 0 Å². The summed E-state index contributed by atoms with van der Waals surface area (Å²) in [5.41, 5.74) is 3.58. The number of hydrogen-bond acceptors (Lipinski definition) is 7. The van der Waals surface area contributed by atoms with Gasteiger partial charge in [-0.05, 0) is 53.8 Å². The third kappa shape index (κ3) is 4.67. The first-order valence-electron chi connectivity index (χ1n) is 11.0. The van der Waals surface area contributed by atoms with Gasteiger partial charge in [-0.25, -0.2) is 4.98 Å². The molecule has 2 aliphatic heterocycles. The molecule has 162 valence electrons. The van der Waals surface area contributed by atoms with Crippen molar-refractivity contribution in [1.82, 2.24) is 14.9 Å². The van der Waals surface area contributed by atoms with E-state index in [9.17, 15) is 0 Å². The zero-order valence-corrected chi connectivity index (χ0v) is 18.7. The first kappa shape index (κ1) is 20.3. The molecule has 0 atom stereocenters. The van der Waals surface area contributed by atoms with Crippen molar-refractivity contribution in [3.63, 3.8) is 0 Å². The number of piperidine rings is 1. The number of methoxy groups -OCH3 is 1. The van der Waals surface area contributed by atoms with E-state index in [2.05, 4.69) is 26.6 Å². The van der Waals surface area contributed by atoms with E-state index >= 15 is 0 Å². The highest BCUT2D eigenvalue weighted by molar-refractivity contribution is 7.07. The van der Waals surface area contributed by atoms with Crippen molar-refractivity contribution in [3.05, 3.63) is 57.9 Å². The first-order valence-corrected chi connectivity index (χ1v) is 11.9. The molecule has 0 spiro atoms. The molecule has 3 aromatic rings. The lowest BCUT2D eigenvalue weighted by Gasteiger charge is -2.31. The monoisotopic (exact) mass is 436 g/mol. The molecular weight excluding hydrogens is 408 g/mol. The molecule has 2 aromatic heterocycles. The molecule has 31 heavy (non-hydrogen) atoms. The molecule has 7 heteroatoms. The molecule has 6 nitrogen and oxygen atoms in total. The fraction of sp³-hybridized carbons (Fsp3) is 0.417. The minimum absolute atomic E-state index is 0.675. The summed E-state index contributed by atoms with van der Waals surface area (Å²) in [5.74, 6) is 2.99. The number of hydrogen-bond donors (Lipinski definition) is 0. The van der Waals surface area contributed by atoms with E-state index in [-0.39, 0.29) is 0 Å². The van der Waals surface area contributed by atoms with Crippen LogP contribution in [-0.4, -0.2) is 41.6 Å². The van der Waals surface area contributed by atoms with E-state index in [4.69, 9.17) is 19.4 Å². The Morgan fingerprint density at radius 1 is 1.03 bits per heavy atom. The van der Waals surface area contributed by atoms with Crippen LogP contribution in [0.15, 0.2) is 41.1 Å². The largest absolute Gasteiger partial charge is 0.497 e. The van der Waals surface area contributed by atoms with Crippen LogP contribution in [0.1, 0.15) is 36.1 Å². The summed E-state index contributed by atoms with van der Waals surface area (Å²) in [6, 6.07) is 9.91. The second-order valence-corrected chi connectivity index (χ2v) is 8.96. The van der Waals surface area contributed by atoms with Crippen LogP contribution in [-0.2, 0) is 19.5 Å². The topological polar surface area (TPSA) is 50.7 Å². The van der Waals surface area contributed by atoms with E-state index in [0.29, 0.717) is 5.88 Å². The number of thiophene rings is 1. The highest BCUT2D eigenvalue weighted by Crippen LogP contribution is 2.33. The molecule has 0 radical (unpaired) electrons. The molecule has 4 heterocycles. The van der Waals surface area contributed by atoms with E-state index in [1.165, 1.54) is 24.8 Å². The number of benzene rings is 1. The van der Waals surface area contributed by atoms with Crippen molar-refractivity contribution in [2.45, 2.75) is 38.8 Å². The molecule has 1 saturated heterocycles. The van der Waals surface area contributed by atoms with Gasteiger partial charge in [-0.3, -0.25) is 4.90 Å². The lowest BCUT2D eigenvalue weighted by Crippen LogP contribution is -2.34. The smallest absolute Gasteiger partial charge is 0.228 e. The minimum Gasteiger partial charge on any atom is -0.497 e. The van der Waals surface area contributed by atoms with Gasteiger partial charge < -0.3 is 14.4 Å². The minimum atomic E-state index is 0.675. The Bertz CT molecular complexity index is 1020. The second-order valence-electron chi connectivity index (χ2n) is 8.18. The molecule has 0 bridgehead atoms. The quantitative estimate of drug-likeness (QED) is 0.549. The Labute approximate surface area is 187 Å². The molecule has 0 saturated carbocycles. The SMILES string of the molecule is COc1cccc(Oc2nc(N3CCCCC3)nc3c2CN(Cc2ccsc2)CC3)c1. The number of fused-ring (bicyclic) bond motifs is 1. The first-order chi connectivity index (χ1) is 15.3. The number of aromatic nitrogens is 2. The Kier molecular flexibility index (Phi) is 6.04. The van der Waals surface area contributed by atoms with Gasteiger partial charge in [-0.15, -0.1) is 0 Å². The second kappa shape index (κ2) is 9.24. The molecule has 5 rings (SSSR count).